The van der Waals surface area contributed by atoms with E-state index in [0.29, 0.717) is 0 Å². The van der Waals surface area contributed by atoms with Crippen LogP contribution in [0.2, 0.25) is 0 Å². The fourth-order valence-corrected chi connectivity index (χ4v) is 3.16. The lowest BCUT2D eigenvalue weighted by atomic mass is 9.88. The van der Waals surface area contributed by atoms with Gasteiger partial charge in [0.25, 0.3) is 0 Å². The van der Waals surface area contributed by atoms with E-state index < -0.39 is 0 Å². The van der Waals surface area contributed by atoms with Gasteiger partial charge in [-0.2, -0.15) is 0 Å². The zero-order valence-corrected chi connectivity index (χ0v) is 11.1. The third-order valence-electron chi connectivity index (χ3n) is 3.82. The van der Waals surface area contributed by atoms with Gasteiger partial charge in [0.2, 0.25) is 0 Å². The second-order valence-corrected chi connectivity index (χ2v) is 6.14. The van der Waals surface area contributed by atoms with E-state index in [4.69, 9.17) is 0 Å². The summed E-state index contributed by atoms with van der Waals surface area (Å²) in [5, 5.41) is 9.64. The number of rotatable bonds is 2. The Hall–Kier alpha value is -0.340. The molecule has 0 heterocycles. The molecule has 2 heteroatoms. The quantitative estimate of drug-likeness (QED) is 0.872. The summed E-state index contributed by atoms with van der Waals surface area (Å²) in [6, 6.07) is 6.36. The van der Waals surface area contributed by atoms with Gasteiger partial charge in [-0.1, -0.05) is 47.5 Å². The Morgan fingerprint density at radius 1 is 1.40 bits per heavy atom. The number of halogens is 1. The Balaban J connectivity index is 2.50. The van der Waals surface area contributed by atoms with Gasteiger partial charge in [-0.3, -0.25) is 0 Å². The van der Waals surface area contributed by atoms with Crippen LogP contribution in [-0.2, 0) is 5.41 Å². The van der Waals surface area contributed by atoms with Gasteiger partial charge in [0, 0.05) is 9.89 Å². The molecule has 1 aliphatic carbocycles. The number of aliphatic hydroxyl groups is 1. The first-order chi connectivity index (χ1) is 6.93. The largest absolute Gasteiger partial charge is 0.395 e. The molecule has 1 atom stereocenters. The van der Waals surface area contributed by atoms with Crippen LogP contribution in [0.15, 0.2) is 22.7 Å². The van der Waals surface area contributed by atoms with Crippen molar-refractivity contribution in [1.29, 1.82) is 0 Å². The molecule has 1 aliphatic rings. The maximum Gasteiger partial charge on any atom is 0.0533 e. The van der Waals surface area contributed by atoms with Crippen molar-refractivity contribution in [2.24, 2.45) is 5.41 Å². The van der Waals surface area contributed by atoms with Crippen LogP contribution < -0.4 is 0 Å². The highest BCUT2D eigenvalue weighted by Gasteiger charge is 2.62. The lowest BCUT2D eigenvalue weighted by Crippen LogP contribution is -2.20. The molecule has 0 radical (unpaired) electrons. The van der Waals surface area contributed by atoms with Crippen LogP contribution in [0.3, 0.4) is 0 Å². The van der Waals surface area contributed by atoms with Crippen LogP contribution in [0.25, 0.3) is 0 Å². The highest BCUT2D eigenvalue weighted by Crippen LogP contribution is 2.65. The predicted molar refractivity (Wildman–Crippen MR) is 66.0 cm³/mol. The SMILES string of the molecule is Cc1ccc(Br)c(C2(CO)CC2(C)C)c1. The molecule has 0 bridgehead atoms. The van der Waals surface area contributed by atoms with E-state index in [1.165, 1.54) is 11.1 Å². The first-order valence-corrected chi connectivity index (χ1v) is 6.10. The maximum atomic E-state index is 9.64. The summed E-state index contributed by atoms with van der Waals surface area (Å²) in [5.41, 5.74) is 2.70. The second kappa shape index (κ2) is 3.33. The molecule has 1 nitrogen and oxygen atoms in total. The Bertz CT molecular complexity index is 398. The lowest BCUT2D eigenvalue weighted by Gasteiger charge is -2.20. The Labute approximate surface area is 99.6 Å². The van der Waals surface area contributed by atoms with Crippen molar-refractivity contribution in [3.63, 3.8) is 0 Å². The molecular weight excluding hydrogens is 252 g/mol. The molecule has 0 amide bonds. The highest BCUT2D eigenvalue weighted by molar-refractivity contribution is 9.10. The molecule has 0 spiro atoms. The molecule has 1 fully saturated rings. The minimum atomic E-state index is -0.0299. The molecule has 82 valence electrons. The third kappa shape index (κ3) is 1.55. The summed E-state index contributed by atoms with van der Waals surface area (Å²) in [7, 11) is 0. The molecule has 1 N–H and O–H groups in total. The highest BCUT2D eigenvalue weighted by atomic mass is 79.9. The summed E-state index contributed by atoms with van der Waals surface area (Å²) in [6.45, 7) is 6.77. The van der Waals surface area contributed by atoms with E-state index in [2.05, 4.69) is 54.9 Å². The van der Waals surface area contributed by atoms with Crippen molar-refractivity contribution in [1.82, 2.24) is 0 Å². The van der Waals surface area contributed by atoms with Crippen molar-refractivity contribution in [3.8, 4) is 0 Å². The van der Waals surface area contributed by atoms with Gasteiger partial charge >= 0.3 is 0 Å². The Kier molecular flexibility index (Phi) is 2.47. The summed E-state index contributed by atoms with van der Waals surface area (Å²) >= 11 is 3.59. The average Bonchev–Trinajstić information content (AvgIpc) is 2.74. The lowest BCUT2D eigenvalue weighted by molar-refractivity contribution is 0.231. The fraction of sp³-hybridized carbons (Fsp3) is 0.538. The van der Waals surface area contributed by atoms with Crippen LogP contribution in [0.5, 0.6) is 0 Å². The van der Waals surface area contributed by atoms with Crippen LogP contribution in [0.1, 0.15) is 31.4 Å². The zero-order valence-electron chi connectivity index (χ0n) is 9.47. The molecule has 0 aliphatic heterocycles. The number of hydrogen-bond donors (Lipinski definition) is 1. The summed E-state index contributed by atoms with van der Waals surface area (Å²) in [4.78, 5) is 0. The van der Waals surface area contributed by atoms with Crippen molar-refractivity contribution >= 4 is 15.9 Å². The molecule has 1 saturated carbocycles. The first kappa shape index (κ1) is 11.2. The molecule has 0 aromatic heterocycles. The van der Waals surface area contributed by atoms with Gasteiger partial charge in [-0.05, 0) is 30.4 Å². The summed E-state index contributed by atoms with van der Waals surface area (Å²) in [5.74, 6) is 0. The van der Waals surface area contributed by atoms with Gasteiger partial charge in [0.05, 0.1) is 6.61 Å². The van der Waals surface area contributed by atoms with Gasteiger partial charge in [0.1, 0.15) is 0 Å². The number of hydrogen-bond acceptors (Lipinski definition) is 1. The molecule has 0 saturated heterocycles. The molecule has 1 unspecified atom stereocenters. The monoisotopic (exact) mass is 268 g/mol. The number of aliphatic hydroxyl groups excluding tert-OH is 1. The van der Waals surface area contributed by atoms with E-state index in [9.17, 15) is 5.11 Å². The smallest absolute Gasteiger partial charge is 0.0533 e. The molecule has 15 heavy (non-hydrogen) atoms. The summed E-state index contributed by atoms with van der Waals surface area (Å²) < 4.78 is 1.12. The van der Waals surface area contributed by atoms with E-state index in [1.54, 1.807) is 0 Å². The minimum absolute atomic E-state index is 0.0299. The fourth-order valence-electron chi connectivity index (χ4n) is 2.53. The van der Waals surface area contributed by atoms with Crippen LogP contribution >= 0.6 is 15.9 Å². The minimum Gasteiger partial charge on any atom is -0.395 e. The molecule has 1 aromatic rings. The van der Waals surface area contributed by atoms with E-state index in [1.807, 2.05) is 0 Å². The second-order valence-electron chi connectivity index (χ2n) is 5.28. The molecule has 2 rings (SSSR count). The van der Waals surface area contributed by atoms with Crippen molar-refractivity contribution in [2.75, 3.05) is 6.61 Å². The first-order valence-electron chi connectivity index (χ1n) is 5.30. The van der Waals surface area contributed by atoms with Gasteiger partial charge in [-0.15, -0.1) is 0 Å². The standard InChI is InChI=1S/C13H17BrO/c1-9-4-5-11(14)10(6-9)13(8-15)7-12(13,2)3/h4-6,15H,7-8H2,1-3H3. The van der Waals surface area contributed by atoms with Crippen molar-refractivity contribution < 1.29 is 5.11 Å². The van der Waals surface area contributed by atoms with Crippen molar-refractivity contribution in [2.45, 2.75) is 32.6 Å². The average molecular weight is 269 g/mol. The topological polar surface area (TPSA) is 20.2 Å². The van der Waals surface area contributed by atoms with E-state index in [-0.39, 0.29) is 17.4 Å². The van der Waals surface area contributed by atoms with Crippen LogP contribution in [-0.4, -0.2) is 11.7 Å². The normalized spacial score (nSPS) is 27.8. The van der Waals surface area contributed by atoms with E-state index in [0.717, 1.165) is 10.9 Å². The van der Waals surface area contributed by atoms with E-state index >= 15 is 0 Å². The number of aryl methyl sites for hydroxylation is 1. The predicted octanol–water partition coefficient (Wildman–Crippen LogP) is 3.42. The van der Waals surface area contributed by atoms with Gasteiger partial charge in [-0.25, -0.2) is 0 Å². The van der Waals surface area contributed by atoms with Crippen LogP contribution in [0, 0.1) is 12.3 Å². The summed E-state index contributed by atoms with van der Waals surface area (Å²) in [6.07, 6.45) is 1.07. The maximum absolute atomic E-state index is 9.64. The van der Waals surface area contributed by atoms with Crippen LogP contribution in [0.4, 0.5) is 0 Å². The number of benzene rings is 1. The van der Waals surface area contributed by atoms with Gasteiger partial charge < -0.3 is 5.11 Å². The Morgan fingerprint density at radius 3 is 2.47 bits per heavy atom. The third-order valence-corrected chi connectivity index (χ3v) is 4.51. The van der Waals surface area contributed by atoms with Crippen molar-refractivity contribution in [3.05, 3.63) is 33.8 Å². The van der Waals surface area contributed by atoms with Gasteiger partial charge in [0.15, 0.2) is 0 Å². The zero-order chi connectivity index (χ0) is 11.3. The molecule has 1 aromatic carbocycles. The Morgan fingerprint density at radius 2 is 2.00 bits per heavy atom. The molecular formula is C13H17BrO.